The molecule has 0 saturated heterocycles. The van der Waals surface area contributed by atoms with Gasteiger partial charge in [0, 0.05) is 5.02 Å². The molecule has 2 nitrogen and oxygen atoms in total. The Morgan fingerprint density at radius 3 is 2.26 bits per heavy atom. The number of hydrogen-bond donors (Lipinski definition) is 1. The van der Waals surface area contributed by atoms with Crippen LogP contribution < -0.4 is 5.32 Å². The minimum absolute atomic E-state index is 0.119. The first-order valence-electron chi connectivity index (χ1n) is 5.12. The van der Waals surface area contributed by atoms with Crippen LogP contribution in [0.1, 0.15) is 5.56 Å². The third kappa shape index (κ3) is 3.10. The van der Waals surface area contributed by atoms with Crippen LogP contribution in [0.5, 0.6) is 0 Å². The molecule has 0 aliphatic carbocycles. The topological polar surface area (TPSA) is 35.8 Å². The maximum atomic E-state index is 13.1. The molecule has 0 radical (unpaired) electrons. The van der Waals surface area contributed by atoms with Crippen LogP contribution in [-0.2, 0) is 0 Å². The Kier molecular flexibility index (Phi) is 4.16. The van der Waals surface area contributed by atoms with Crippen LogP contribution >= 0.6 is 34.8 Å². The minimum Gasteiger partial charge on any atom is -0.352 e. The molecule has 0 spiro atoms. The van der Waals surface area contributed by atoms with Gasteiger partial charge in [0.2, 0.25) is 0 Å². The molecule has 2 aromatic carbocycles. The number of nitriles is 1. The molecule has 2 aromatic rings. The second kappa shape index (κ2) is 5.66. The molecule has 0 heterocycles. The molecule has 6 heteroatoms. The number of nitrogens with zero attached hydrogens (tertiary/aromatic N) is 1. The van der Waals surface area contributed by atoms with Crippen LogP contribution in [0.15, 0.2) is 30.3 Å². The van der Waals surface area contributed by atoms with E-state index in [-0.39, 0.29) is 10.0 Å². The van der Waals surface area contributed by atoms with Gasteiger partial charge in [0.25, 0.3) is 0 Å². The van der Waals surface area contributed by atoms with Gasteiger partial charge in [-0.2, -0.15) is 5.26 Å². The number of rotatable bonds is 2. The fourth-order valence-electron chi connectivity index (χ4n) is 1.51. The van der Waals surface area contributed by atoms with Gasteiger partial charge in [-0.05, 0) is 30.3 Å². The maximum Gasteiger partial charge on any atom is 0.126 e. The van der Waals surface area contributed by atoms with Crippen molar-refractivity contribution >= 4 is 46.2 Å². The number of hydrogen-bond acceptors (Lipinski definition) is 2. The highest BCUT2D eigenvalue weighted by atomic mass is 35.5. The van der Waals surface area contributed by atoms with Crippen LogP contribution in [0.3, 0.4) is 0 Å². The molecule has 96 valence electrons. The predicted octanol–water partition coefficient (Wildman–Crippen LogP) is 5.40. The first-order valence-corrected chi connectivity index (χ1v) is 6.26. The van der Waals surface area contributed by atoms with E-state index in [9.17, 15) is 4.39 Å². The van der Waals surface area contributed by atoms with E-state index in [1.54, 1.807) is 18.2 Å². The van der Waals surface area contributed by atoms with Gasteiger partial charge in [0.15, 0.2) is 0 Å². The van der Waals surface area contributed by atoms with Gasteiger partial charge in [-0.15, -0.1) is 0 Å². The van der Waals surface area contributed by atoms with Crippen molar-refractivity contribution in [3.8, 4) is 6.07 Å². The molecule has 0 saturated carbocycles. The molecule has 0 bridgehead atoms. The predicted molar refractivity (Wildman–Crippen MR) is 75.9 cm³/mol. The lowest BCUT2D eigenvalue weighted by atomic mass is 10.2. The van der Waals surface area contributed by atoms with Gasteiger partial charge in [0.05, 0.1) is 27.0 Å². The summed E-state index contributed by atoms with van der Waals surface area (Å²) in [6.45, 7) is 0. The molecule has 2 rings (SSSR count). The van der Waals surface area contributed by atoms with E-state index in [2.05, 4.69) is 5.32 Å². The van der Waals surface area contributed by atoms with Gasteiger partial charge in [-0.25, -0.2) is 4.39 Å². The lowest BCUT2D eigenvalue weighted by Gasteiger charge is -2.12. The normalized spacial score (nSPS) is 10.1. The molecule has 19 heavy (non-hydrogen) atoms. The van der Waals surface area contributed by atoms with Gasteiger partial charge >= 0.3 is 0 Å². The van der Waals surface area contributed by atoms with E-state index < -0.39 is 5.82 Å². The quantitative estimate of drug-likeness (QED) is 0.805. The van der Waals surface area contributed by atoms with Crippen molar-refractivity contribution in [2.24, 2.45) is 0 Å². The van der Waals surface area contributed by atoms with Crippen molar-refractivity contribution in [3.05, 3.63) is 56.8 Å². The molecule has 0 aliphatic heterocycles. The molecule has 0 fully saturated rings. The van der Waals surface area contributed by atoms with Crippen LogP contribution in [0.4, 0.5) is 15.8 Å². The Bertz CT molecular complexity index is 657. The zero-order chi connectivity index (χ0) is 14.0. The average Bonchev–Trinajstić information content (AvgIpc) is 2.34. The van der Waals surface area contributed by atoms with Crippen molar-refractivity contribution in [2.45, 2.75) is 0 Å². The molecular formula is C13H6Cl3FN2. The number of halogens is 4. The Balaban J connectivity index is 2.48. The Morgan fingerprint density at radius 1 is 1.05 bits per heavy atom. The zero-order valence-electron chi connectivity index (χ0n) is 9.35. The summed E-state index contributed by atoms with van der Waals surface area (Å²) in [5, 5.41) is 12.6. The van der Waals surface area contributed by atoms with E-state index in [0.29, 0.717) is 22.0 Å². The van der Waals surface area contributed by atoms with Crippen LogP contribution in [0, 0.1) is 17.1 Å². The fourth-order valence-corrected chi connectivity index (χ4v) is 2.24. The first kappa shape index (κ1) is 14.0. The molecule has 0 unspecified atom stereocenters. The highest BCUT2D eigenvalue weighted by Crippen LogP contribution is 2.35. The first-order chi connectivity index (χ1) is 9.01. The summed E-state index contributed by atoms with van der Waals surface area (Å²) in [6, 6.07) is 9.00. The minimum atomic E-state index is -0.535. The third-order valence-electron chi connectivity index (χ3n) is 2.37. The third-order valence-corrected chi connectivity index (χ3v) is 3.20. The standard InChI is InChI=1S/C13H6Cl3FN2/c14-8-2-1-7(6-18)12(3-8)19-13-10(15)4-9(17)5-11(13)16/h1-5,19H. The molecule has 0 aromatic heterocycles. The van der Waals surface area contributed by atoms with Gasteiger partial charge < -0.3 is 5.32 Å². The molecule has 1 N–H and O–H groups in total. The smallest absolute Gasteiger partial charge is 0.126 e. The van der Waals surface area contributed by atoms with Gasteiger partial charge in [0.1, 0.15) is 11.9 Å². The second-order valence-electron chi connectivity index (χ2n) is 3.67. The van der Waals surface area contributed by atoms with Crippen LogP contribution in [-0.4, -0.2) is 0 Å². The summed E-state index contributed by atoms with van der Waals surface area (Å²) in [5.41, 5.74) is 1.15. The highest BCUT2D eigenvalue weighted by Gasteiger charge is 2.11. The van der Waals surface area contributed by atoms with Gasteiger partial charge in [-0.3, -0.25) is 0 Å². The Labute approximate surface area is 124 Å². The molecular weight excluding hydrogens is 310 g/mol. The van der Waals surface area contributed by atoms with Crippen LogP contribution in [0.25, 0.3) is 0 Å². The number of nitrogens with one attached hydrogen (secondary N) is 1. The van der Waals surface area contributed by atoms with Crippen molar-refractivity contribution in [1.29, 1.82) is 5.26 Å². The van der Waals surface area contributed by atoms with Crippen LogP contribution in [0.2, 0.25) is 15.1 Å². The van der Waals surface area contributed by atoms with Gasteiger partial charge in [-0.1, -0.05) is 34.8 Å². The lowest BCUT2D eigenvalue weighted by Crippen LogP contribution is -1.96. The summed E-state index contributed by atoms with van der Waals surface area (Å²) >= 11 is 17.7. The summed E-state index contributed by atoms with van der Waals surface area (Å²) < 4.78 is 13.1. The van der Waals surface area contributed by atoms with Crippen molar-refractivity contribution < 1.29 is 4.39 Å². The fraction of sp³-hybridized carbons (Fsp3) is 0. The molecule has 0 atom stereocenters. The summed E-state index contributed by atoms with van der Waals surface area (Å²) in [4.78, 5) is 0. The number of anilines is 2. The van der Waals surface area contributed by atoms with E-state index >= 15 is 0 Å². The largest absolute Gasteiger partial charge is 0.352 e. The number of benzene rings is 2. The summed E-state index contributed by atoms with van der Waals surface area (Å²) in [5.74, 6) is -0.535. The molecule has 0 amide bonds. The van der Waals surface area contributed by atoms with Crippen molar-refractivity contribution in [3.63, 3.8) is 0 Å². The van der Waals surface area contributed by atoms with E-state index in [1.807, 2.05) is 6.07 Å². The van der Waals surface area contributed by atoms with Crippen molar-refractivity contribution in [1.82, 2.24) is 0 Å². The van der Waals surface area contributed by atoms with E-state index in [4.69, 9.17) is 40.1 Å². The SMILES string of the molecule is N#Cc1ccc(Cl)cc1Nc1c(Cl)cc(F)cc1Cl. The lowest BCUT2D eigenvalue weighted by molar-refractivity contribution is 0.628. The average molecular weight is 316 g/mol. The summed E-state index contributed by atoms with van der Waals surface area (Å²) in [6.07, 6.45) is 0. The highest BCUT2D eigenvalue weighted by molar-refractivity contribution is 6.39. The molecule has 0 aliphatic rings. The van der Waals surface area contributed by atoms with E-state index in [1.165, 1.54) is 0 Å². The summed E-state index contributed by atoms with van der Waals surface area (Å²) in [7, 11) is 0. The second-order valence-corrected chi connectivity index (χ2v) is 4.92. The Hall–Kier alpha value is -1.47. The Morgan fingerprint density at radius 2 is 1.68 bits per heavy atom. The zero-order valence-corrected chi connectivity index (χ0v) is 11.6. The maximum absolute atomic E-state index is 13.1. The monoisotopic (exact) mass is 314 g/mol. The van der Waals surface area contributed by atoms with E-state index in [0.717, 1.165) is 12.1 Å². The van der Waals surface area contributed by atoms with Crippen molar-refractivity contribution in [2.75, 3.05) is 5.32 Å².